The minimum atomic E-state index is -4.26. The summed E-state index contributed by atoms with van der Waals surface area (Å²) in [5, 5.41) is 9.09. The molecule has 1 aromatic carbocycles. The molecule has 1 N–H and O–H groups in total. The Morgan fingerprint density at radius 1 is 1.50 bits per heavy atom. The van der Waals surface area contributed by atoms with Gasteiger partial charge in [0, 0.05) is 11.6 Å². The van der Waals surface area contributed by atoms with Crippen LogP contribution in [0.5, 0.6) is 0 Å². The highest BCUT2D eigenvalue weighted by molar-refractivity contribution is 7.89. The van der Waals surface area contributed by atoms with Gasteiger partial charge in [-0.1, -0.05) is 11.6 Å². The van der Waals surface area contributed by atoms with Gasteiger partial charge in [0.15, 0.2) is 0 Å². The van der Waals surface area contributed by atoms with Crippen LogP contribution in [0.15, 0.2) is 23.1 Å². The van der Waals surface area contributed by atoms with Gasteiger partial charge >= 0.3 is 5.97 Å². The number of morpholine rings is 1. The van der Waals surface area contributed by atoms with Crippen LogP contribution in [0.4, 0.5) is 4.39 Å². The Morgan fingerprint density at radius 3 is 2.80 bits per heavy atom. The first kappa shape index (κ1) is 15.2. The molecule has 1 atom stereocenters. The van der Waals surface area contributed by atoms with Gasteiger partial charge in [-0.25, -0.2) is 12.8 Å². The molecular weight excluding hydrogens is 313 g/mol. The van der Waals surface area contributed by atoms with E-state index in [0.717, 1.165) is 16.4 Å². The molecule has 1 fully saturated rings. The van der Waals surface area contributed by atoms with Crippen LogP contribution in [-0.2, 0) is 19.6 Å². The van der Waals surface area contributed by atoms with E-state index in [4.69, 9.17) is 21.4 Å². The number of benzene rings is 1. The Morgan fingerprint density at radius 2 is 2.20 bits per heavy atom. The van der Waals surface area contributed by atoms with Gasteiger partial charge in [0.05, 0.1) is 13.2 Å². The van der Waals surface area contributed by atoms with Gasteiger partial charge < -0.3 is 9.84 Å². The summed E-state index contributed by atoms with van der Waals surface area (Å²) >= 11 is 5.57. The molecule has 0 radical (unpaired) electrons. The van der Waals surface area contributed by atoms with Crippen LogP contribution >= 0.6 is 11.6 Å². The third-order valence-electron chi connectivity index (χ3n) is 2.84. The maximum atomic E-state index is 13.8. The maximum absolute atomic E-state index is 13.8. The second kappa shape index (κ2) is 5.65. The van der Waals surface area contributed by atoms with Crippen molar-refractivity contribution in [2.75, 3.05) is 19.8 Å². The number of nitrogens with zero attached hydrogens (tertiary/aromatic N) is 1. The number of ether oxygens (including phenoxy) is 1. The molecule has 1 unspecified atom stereocenters. The second-order valence-electron chi connectivity index (χ2n) is 4.12. The molecular formula is C11H11ClFNO5S. The molecule has 0 aliphatic carbocycles. The molecule has 9 heteroatoms. The summed E-state index contributed by atoms with van der Waals surface area (Å²) in [6, 6.07) is 1.74. The largest absolute Gasteiger partial charge is 0.480 e. The van der Waals surface area contributed by atoms with Crippen LogP contribution in [0.1, 0.15) is 0 Å². The minimum absolute atomic E-state index is 0.0538. The summed E-state index contributed by atoms with van der Waals surface area (Å²) in [6.45, 7) is -0.372. The van der Waals surface area contributed by atoms with E-state index >= 15 is 0 Å². The minimum Gasteiger partial charge on any atom is -0.480 e. The molecule has 2 rings (SSSR count). The van der Waals surface area contributed by atoms with E-state index in [1.165, 1.54) is 6.07 Å². The van der Waals surface area contributed by atoms with Gasteiger partial charge in [0.25, 0.3) is 0 Å². The monoisotopic (exact) mass is 323 g/mol. The summed E-state index contributed by atoms with van der Waals surface area (Å²) in [5.74, 6) is -2.37. The Labute approximate surface area is 119 Å². The zero-order valence-corrected chi connectivity index (χ0v) is 11.7. The average Bonchev–Trinajstić information content (AvgIpc) is 2.38. The van der Waals surface area contributed by atoms with Crippen LogP contribution in [-0.4, -0.2) is 49.6 Å². The van der Waals surface area contributed by atoms with Crippen molar-refractivity contribution < 1.29 is 27.4 Å². The Kier molecular flexibility index (Phi) is 4.28. The fraction of sp³-hybridized carbons (Fsp3) is 0.364. The van der Waals surface area contributed by atoms with E-state index in [0.29, 0.717) is 0 Å². The normalized spacial score (nSPS) is 20.8. The first-order chi connectivity index (χ1) is 9.34. The Bertz CT molecular complexity index is 636. The van der Waals surface area contributed by atoms with Crippen molar-refractivity contribution in [2.45, 2.75) is 10.9 Å². The predicted octanol–water partition coefficient (Wildman–Crippen LogP) is 0.953. The number of hydrogen-bond donors (Lipinski definition) is 1. The average molecular weight is 324 g/mol. The number of halogens is 2. The zero-order valence-electron chi connectivity index (χ0n) is 10.1. The van der Waals surface area contributed by atoms with E-state index in [1.54, 1.807) is 0 Å². The number of carboxylic acids is 1. The maximum Gasteiger partial charge on any atom is 0.324 e. The number of carbonyl (C=O) groups is 1. The highest BCUT2D eigenvalue weighted by atomic mass is 35.5. The lowest BCUT2D eigenvalue weighted by molar-refractivity contribution is -0.146. The lowest BCUT2D eigenvalue weighted by Crippen LogP contribution is -2.52. The van der Waals surface area contributed by atoms with Crippen LogP contribution in [0, 0.1) is 5.82 Å². The summed E-state index contributed by atoms with van der Waals surface area (Å²) < 4.78 is 44.2. The number of hydrogen-bond acceptors (Lipinski definition) is 4. The molecule has 0 bridgehead atoms. The molecule has 20 heavy (non-hydrogen) atoms. The zero-order chi connectivity index (χ0) is 14.9. The summed E-state index contributed by atoms with van der Waals surface area (Å²) in [6.07, 6.45) is 0. The number of sulfonamides is 1. The van der Waals surface area contributed by atoms with Crippen molar-refractivity contribution in [1.82, 2.24) is 4.31 Å². The number of rotatable bonds is 3. The lowest BCUT2D eigenvalue weighted by atomic mass is 10.3. The van der Waals surface area contributed by atoms with Crippen LogP contribution < -0.4 is 0 Å². The molecule has 1 aliphatic heterocycles. The molecule has 1 aliphatic rings. The van der Waals surface area contributed by atoms with Crippen molar-refractivity contribution in [3.05, 3.63) is 29.0 Å². The lowest BCUT2D eigenvalue weighted by Gasteiger charge is -2.31. The quantitative estimate of drug-likeness (QED) is 0.895. The molecule has 0 saturated carbocycles. The van der Waals surface area contributed by atoms with Gasteiger partial charge in [0.2, 0.25) is 10.0 Å². The molecule has 1 aromatic rings. The van der Waals surface area contributed by atoms with Crippen molar-refractivity contribution in [2.24, 2.45) is 0 Å². The Balaban J connectivity index is 2.45. The first-order valence-electron chi connectivity index (χ1n) is 5.61. The molecule has 110 valence electrons. The highest BCUT2D eigenvalue weighted by Gasteiger charge is 2.39. The molecule has 6 nitrogen and oxygen atoms in total. The third-order valence-corrected chi connectivity index (χ3v) is 5.02. The van der Waals surface area contributed by atoms with Crippen molar-refractivity contribution in [3.63, 3.8) is 0 Å². The molecule has 1 heterocycles. The van der Waals surface area contributed by atoms with Gasteiger partial charge in [0.1, 0.15) is 16.8 Å². The topological polar surface area (TPSA) is 83.9 Å². The summed E-state index contributed by atoms with van der Waals surface area (Å²) in [7, 11) is -4.26. The van der Waals surface area contributed by atoms with Gasteiger partial charge in [-0.15, -0.1) is 0 Å². The van der Waals surface area contributed by atoms with Gasteiger partial charge in [-0.05, 0) is 18.2 Å². The highest BCUT2D eigenvalue weighted by Crippen LogP contribution is 2.25. The van der Waals surface area contributed by atoms with E-state index in [1.807, 2.05) is 0 Å². The van der Waals surface area contributed by atoms with Crippen molar-refractivity contribution >= 4 is 27.6 Å². The van der Waals surface area contributed by atoms with E-state index in [9.17, 15) is 17.6 Å². The van der Waals surface area contributed by atoms with Crippen molar-refractivity contribution in [3.8, 4) is 0 Å². The molecule has 0 aromatic heterocycles. The standard InChI is InChI=1S/C11H11ClFNO5S/c12-7-1-2-10(8(13)5-7)20(17,18)14-3-4-19-6-9(14)11(15)16/h1-2,5,9H,3-4,6H2,(H,15,16). The molecule has 0 spiro atoms. The van der Waals surface area contributed by atoms with Gasteiger partial charge in [-0.2, -0.15) is 4.31 Å². The van der Waals surface area contributed by atoms with Crippen molar-refractivity contribution in [1.29, 1.82) is 0 Å². The smallest absolute Gasteiger partial charge is 0.324 e. The van der Waals surface area contributed by atoms with E-state index < -0.39 is 32.7 Å². The molecule has 1 saturated heterocycles. The molecule has 0 amide bonds. The fourth-order valence-electron chi connectivity index (χ4n) is 1.88. The first-order valence-corrected chi connectivity index (χ1v) is 7.43. The predicted molar refractivity (Wildman–Crippen MR) is 67.5 cm³/mol. The third kappa shape index (κ3) is 2.78. The van der Waals surface area contributed by atoms with Crippen LogP contribution in [0.25, 0.3) is 0 Å². The number of aliphatic carboxylic acids is 1. The van der Waals surface area contributed by atoms with Crippen LogP contribution in [0.2, 0.25) is 5.02 Å². The van der Waals surface area contributed by atoms with E-state index in [-0.39, 0.29) is 24.8 Å². The van der Waals surface area contributed by atoms with Crippen LogP contribution in [0.3, 0.4) is 0 Å². The number of carboxylic acid groups (broad SMARTS) is 1. The Hall–Kier alpha value is -1.22. The van der Waals surface area contributed by atoms with E-state index in [2.05, 4.69) is 0 Å². The second-order valence-corrected chi connectivity index (χ2v) is 6.41. The fourth-order valence-corrected chi connectivity index (χ4v) is 3.64. The summed E-state index contributed by atoms with van der Waals surface area (Å²) in [4.78, 5) is 10.5. The van der Waals surface area contributed by atoms with Gasteiger partial charge in [-0.3, -0.25) is 4.79 Å². The summed E-state index contributed by atoms with van der Waals surface area (Å²) in [5.41, 5.74) is 0. The SMILES string of the molecule is O=C(O)C1COCCN1S(=O)(=O)c1ccc(Cl)cc1F.